The van der Waals surface area contributed by atoms with Gasteiger partial charge in [-0.3, -0.25) is 4.57 Å². The predicted molar refractivity (Wildman–Crippen MR) is 164 cm³/mol. The lowest BCUT2D eigenvalue weighted by atomic mass is 10.0. The Balaban J connectivity index is 0.00000158. The molecule has 0 radical (unpaired) electrons. The van der Waals surface area contributed by atoms with Crippen LogP contribution in [0.4, 0.5) is 0 Å². The third-order valence-corrected chi connectivity index (χ3v) is 7.92. The van der Waals surface area contributed by atoms with Crippen LogP contribution in [0.5, 0.6) is 0 Å². The van der Waals surface area contributed by atoms with E-state index in [1.165, 1.54) is 135 Å². The van der Waals surface area contributed by atoms with Crippen molar-refractivity contribution in [3.8, 4) is 0 Å². The summed E-state index contributed by atoms with van der Waals surface area (Å²) in [5, 5.41) is 2.92. The van der Waals surface area contributed by atoms with E-state index < -0.39 is 7.60 Å². The van der Waals surface area contributed by atoms with Crippen LogP contribution in [-0.4, -0.2) is 15.9 Å². The van der Waals surface area contributed by atoms with Crippen molar-refractivity contribution in [3.05, 3.63) is 36.7 Å². The van der Waals surface area contributed by atoms with E-state index in [9.17, 15) is 4.57 Å². The monoisotopic (exact) mass is 539 g/mol. The molecule has 0 unspecified atom stereocenters. The summed E-state index contributed by atoms with van der Waals surface area (Å²) in [4.78, 5) is 17.6. The molecular formula is C32H62NO3P. The molecule has 218 valence electrons. The van der Waals surface area contributed by atoms with E-state index in [0.29, 0.717) is 6.42 Å². The van der Waals surface area contributed by atoms with Gasteiger partial charge in [-0.1, -0.05) is 167 Å². The first-order valence-corrected chi connectivity index (χ1v) is 17.6. The Bertz CT molecular complexity index is 569. The molecule has 1 rings (SSSR count). The van der Waals surface area contributed by atoms with Crippen molar-refractivity contribution >= 4 is 7.60 Å². The van der Waals surface area contributed by atoms with Crippen LogP contribution in [0.1, 0.15) is 161 Å². The molecule has 0 bridgehead atoms. The molecule has 0 saturated heterocycles. The molecule has 0 amide bonds. The first-order valence-electron chi connectivity index (χ1n) is 15.8. The van der Waals surface area contributed by atoms with Crippen LogP contribution in [0.3, 0.4) is 0 Å². The standard InChI is InChI=1S/C26H55O3P.C6H7N/c1-2-3-4-5-6-7-8-9-10-11-12-13-14-15-16-17-18-19-20-21-22-23-24-25-26-30(27,28)29;1-2-4-6-7-5-3-1/h2-26H2,1H3,(H2,27,28,29);1-7H. The molecule has 0 saturated carbocycles. The minimum absolute atomic E-state index is 0.0618. The molecule has 37 heavy (non-hydrogen) atoms. The maximum atomic E-state index is 10.7. The number of rotatable bonds is 25. The Morgan fingerprint density at radius 3 is 1.00 bits per heavy atom. The van der Waals surface area contributed by atoms with Crippen LogP contribution in [0, 0.1) is 0 Å². The van der Waals surface area contributed by atoms with Crippen LogP contribution in [0.2, 0.25) is 0 Å². The number of hydrogen-bond donors (Lipinski definition) is 3. The van der Waals surface area contributed by atoms with Gasteiger partial charge in [0.15, 0.2) is 0 Å². The minimum Gasteiger partial charge on any atom is -0.368 e. The second-order valence-corrected chi connectivity index (χ2v) is 12.6. The molecular weight excluding hydrogens is 477 g/mol. The first kappa shape index (κ1) is 36.2. The third-order valence-electron chi connectivity index (χ3n) is 7.02. The first-order chi connectivity index (χ1) is 18.1. The van der Waals surface area contributed by atoms with Gasteiger partial charge in [-0.05, 0) is 18.6 Å². The summed E-state index contributed by atoms with van der Waals surface area (Å²) >= 11 is 0. The highest BCUT2D eigenvalue weighted by atomic mass is 31.2. The summed E-state index contributed by atoms with van der Waals surface area (Å²) in [6.45, 7) is 2.29. The van der Waals surface area contributed by atoms with Crippen LogP contribution in [0.25, 0.3) is 0 Å². The van der Waals surface area contributed by atoms with Gasteiger partial charge in [-0.25, -0.2) is 0 Å². The maximum absolute atomic E-state index is 10.7. The summed E-state index contributed by atoms with van der Waals surface area (Å²) in [5.41, 5.74) is 0. The van der Waals surface area contributed by atoms with E-state index in [1.807, 2.05) is 36.7 Å². The Morgan fingerprint density at radius 1 is 0.459 bits per heavy atom. The lowest BCUT2D eigenvalue weighted by molar-refractivity contribution is 0.370. The lowest BCUT2D eigenvalue weighted by Crippen LogP contribution is -1.88. The molecule has 3 N–H and O–H groups in total. The minimum atomic E-state index is -3.76. The normalized spacial score (nSPS) is 12.7. The number of unbranched alkanes of at least 4 members (excludes halogenated alkanes) is 23. The highest BCUT2D eigenvalue weighted by Crippen LogP contribution is 2.35. The van der Waals surface area contributed by atoms with Gasteiger partial charge in [0, 0.05) is 18.6 Å². The second-order valence-electron chi connectivity index (χ2n) is 10.8. The van der Waals surface area contributed by atoms with Gasteiger partial charge in [0.05, 0.1) is 0 Å². The largest absolute Gasteiger partial charge is 0.368 e. The van der Waals surface area contributed by atoms with Crippen molar-refractivity contribution < 1.29 is 14.4 Å². The molecule has 4 nitrogen and oxygen atoms in total. The van der Waals surface area contributed by atoms with Gasteiger partial charge in [0.25, 0.3) is 0 Å². The van der Waals surface area contributed by atoms with E-state index >= 15 is 0 Å². The average molecular weight is 540 g/mol. The molecule has 0 spiro atoms. The summed E-state index contributed by atoms with van der Waals surface area (Å²) in [6.07, 6.45) is 44.0. The average Bonchev–Trinajstić information content (AvgIpc) is 3.20. The Hall–Kier alpha value is -0.830. The fourth-order valence-corrected chi connectivity index (χ4v) is 5.32. The topological polar surface area (TPSA) is 69.6 Å². The fraction of sp³-hybridized carbons (Fsp3) is 0.812. The van der Waals surface area contributed by atoms with Gasteiger partial charge in [-0.15, -0.1) is 0 Å². The van der Waals surface area contributed by atoms with Crippen molar-refractivity contribution in [2.75, 3.05) is 6.16 Å². The van der Waals surface area contributed by atoms with Crippen molar-refractivity contribution in [1.82, 2.24) is 5.32 Å². The third kappa shape index (κ3) is 35.2. The van der Waals surface area contributed by atoms with E-state index in [2.05, 4.69) is 12.2 Å². The Morgan fingerprint density at radius 2 is 0.730 bits per heavy atom. The highest BCUT2D eigenvalue weighted by molar-refractivity contribution is 7.51. The Kier molecular flexibility index (Phi) is 29.1. The summed E-state index contributed by atoms with van der Waals surface area (Å²) < 4.78 is 10.7. The van der Waals surface area contributed by atoms with E-state index in [1.54, 1.807) is 0 Å². The van der Waals surface area contributed by atoms with Crippen LogP contribution in [0.15, 0.2) is 36.7 Å². The van der Waals surface area contributed by atoms with Crippen molar-refractivity contribution in [3.63, 3.8) is 0 Å². The van der Waals surface area contributed by atoms with Crippen LogP contribution < -0.4 is 5.32 Å². The van der Waals surface area contributed by atoms with Crippen molar-refractivity contribution in [2.45, 2.75) is 161 Å². The van der Waals surface area contributed by atoms with Gasteiger partial charge < -0.3 is 15.1 Å². The Labute approximate surface area is 231 Å². The lowest BCUT2D eigenvalue weighted by Gasteiger charge is -2.05. The highest BCUT2D eigenvalue weighted by Gasteiger charge is 2.10. The molecule has 0 aliphatic carbocycles. The smallest absolute Gasteiger partial charge is 0.325 e. The zero-order valence-electron chi connectivity index (χ0n) is 24.4. The quantitative estimate of drug-likeness (QED) is 0.0797. The number of allylic oxidation sites excluding steroid dienone is 4. The van der Waals surface area contributed by atoms with Crippen molar-refractivity contribution in [2.24, 2.45) is 0 Å². The zero-order chi connectivity index (χ0) is 27.1. The molecule has 1 aliphatic rings. The summed E-state index contributed by atoms with van der Waals surface area (Å²) in [6, 6.07) is 0. The van der Waals surface area contributed by atoms with E-state index in [-0.39, 0.29) is 6.16 Å². The van der Waals surface area contributed by atoms with Gasteiger partial charge in [-0.2, -0.15) is 0 Å². The molecule has 0 atom stereocenters. The van der Waals surface area contributed by atoms with E-state index in [0.717, 1.165) is 12.8 Å². The van der Waals surface area contributed by atoms with E-state index in [4.69, 9.17) is 9.79 Å². The molecule has 0 aromatic heterocycles. The zero-order valence-corrected chi connectivity index (χ0v) is 25.3. The van der Waals surface area contributed by atoms with Crippen LogP contribution >= 0.6 is 7.60 Å². The predicted octanol–water partition coefficient (Wildman–Crippen LogP) is 10.7. The summed E-state index contributed by atoms with van der Waals surface area (Å²) in [7, 11) is -3.76. The number of nitrogens with one attached hydrogen (secondary N) is 1. The second kappa shape index (κ2) is 29.7. The molecule has 0 aromatic rings. The van der Waals surface area contributed by atoms with Crippen LogP contribution in [-0.2, 0) is 4.57 Å². The molecule has 0 aromatic carbocycles. The maximum Gasteiger partial charge on any atom is 0.325 e. The molecule has 1 aliphatic heterocycles. The number of hydrogen-bond acceptors (Lipinski definition) is 2. The van der Waals surface area contributed by atoms with Gasteiger partial charge in [0.2, 0.25) is 0 Å². The molecule has 1 heterocycles. The fourth-order valence-electron chi connectivity index (χ4n) is 4.69. The van der Waals surface area contributed by atoms with Gasteiger partial charge >= 0.3 is 7.60 Å². The van der Waals surface area contributed by atoms with Crippen molar-refractivity contribution in [1.29, 1.82) is 0 Å². The molecule has 5 heteroatoms. The van der Waals surface area contributed by atoms with Gasteiger partial charge in [0.1, 0.15) is 0 Å². The SMILES string of the molecule is C1=CC=CNC=C1.CCCCCCCCCCCCCCCCCCCCCCCCCCP(=O)(O)O. The molecule has 0 fully saturated rings. The summed E-state index contributed by atoms with van der Waals surface area (Å²) in [5.74, 6) is 0.